The van der Waals surface area contributed by atoms with Crippen molar-refractivity contribution in [3.8, 4) is 11.5 Å². The van der Waals surface area contributed by atoms with E-state index in [1.165, 1.54) is 18.4 Å². The maximum Gasteiger partial charge on any atom is 0.261 e. The van der Waals surface area contributed by atoms with Crippen LogP contribution in [0.3, 0.4) is 0 Å². The Hall–Kier alpha value is -3.66. The summed E-state index contributed by atoms with van der Waals surface area (Å²) in [7, 11) is -3.82. The van der Waals surface area contributed by atoms with Crippen molar-refractivity contribution in [1.29, 1.82) is 0 Å². The molecule has 0 saturated carbocycles. The van der Waals surface area contributed by atoms with Gasteiger partial charge < -0.3 is 19.8 Å². The highest BCUT2D eigenvalue weighted by molar-refractivity contribution is 7.92. The molecule has 3 N–H and O–H groups in total. The molecule has 2 heterocycles. The minimum Gasteiger partial charge on any atom is -0.457 e. The van der Waals surface area contributed by atoms with Crippen LogP contribution in [-0.2, 0) is 10.0 Å². The highest BCUT2D eigenvalue weighted by atomic mass is 35.5. The van der Waals surface area contributed by atoms with E-state index < -0.39 is 10.0 Å². The Morgan fingerprint density at radius 1 is 0.943 bits per heavy atom. The van der Waals surface area contributed by atoms with Gasteiger partial charge in [-0.3, -0.25) is 4.72 Å². The second-order valence-corrected chi connectivity index (χ2v) is 10.1. The van der Waals surface area contributed by atoms with E-state index in [4.69, 9.17) is 38.1 Å². The van der Waals surface area contributed by atoms with E-state index in [0.717, 1.165) is 5.69 Å². The quantitative estimate of drug-likeness (QED) is 0.386. The van der Waals surface area contributed by atoms with Gasteiger partial charge in [-0.15, -0.1) is 0 Å². The number of sulfonamides is 1. The first kappa shape index (κ1) is 23.1. The molecule has 11 heteroatoms. The van der Waals surface area contributed by atoms with Crippen LogP contribution in [0.15, 0.2) is 93.4 Å². The Morgan fingerprint density at radius 2 is 1.63 bits per heavy atom. The van der Waals surface area contributed by atoms with Gasteiger partial charge in [0.1, 0.15) is 24.0 Å². The lowest BCUT2D eigenvalue weighted by atomic mass is 10.2. The van der Waals surface area contributed by atoms with Gasteiger partial charge in [-0.25, -0.2) is 13.4 Å². The fourth-order valence-corrected chi connectivity index (χ4v) is 5.09. The van der Waals surface area contributed by atoms with E-state index in [9.17, 15) is 8.42 Å². The minimum atomic E-state index is -3.82. The highest BCUT2D eigenvalue weighted by Crippen LogP contribution is 2.29. The summed E-state index contributed by atoms with van der Waals surface area (Å²) in [6.45, 7) is 0.299. The number of fused-ring (bicyclic) bond motifs is 1. The zero-order chi connectivity index (χ0) is 24.6. The second-order valence-electron chi connectivity index (χ2n) is 7.58. The Morgan fingerprint density at radius 3 is 2.31 bits per heavy atom. The molecule has 1 aliphatic rings. The van der Waals surface area contributed by atoms with E-state index in [1.54, 1.807) is 60.7 Å². The predicted octanol–water partition coefficient (Wildman–Crippen LogP) is 4.30. The molecule has 0 saturated heterocycles. The monoisotopic (exact) mass is 528 g/mol. The van der Waals surface area contributed by atoms with Crippen LogP contribution in [0.25, 0.3) is 5.82 Å². The molecule has 5 rings (SSSR count). The summed E-state index contributed by atoms with van der Waals surface area (Å²) in [4.78, 5) is 6.24. The third-order valence-corrected chi connectivity index (χ3v) is 7.04. The summed E-state index contributed by atoms with van der Waals surface area (Å²) in [5.41, 5.74) is 7.91. The fourth-order valence-electron chi connectivity index (χ4n) is 3.53. The Labute approximate surface area is 210 Å². The summed E-state index contributed by atoms with van der Waals surface area (Å²) < 4.78 is 39.3. The molecule has 3 aromatic carbocycles. The van der Waals surface area contributed by atoms with Crippen LogP contribution >= 0.6 is 23.2 Å². The molecule has 0 bridgehead atoms. The predicted molar refractivity (Wildman–Crippen MR) is 135 cm³/mol. The first-order valence-electron chi connectivity index (χ1n) is 10.3. The lowest BCUT2D eigenvalue weighted by Gasteiger charge is -2.24. The summed E-state index contributed by atoms with van der Waals surface area (Å²) in [6, 6.07) is 19.4. The minimum absolute atomic E-state index is 0.0814. The summed E-state index contributed by atoms with van der Waals surface area (Å²) in [5, 5.41) is 1.58. The number of ether oxygens (including phenoxy) is 1. The van der Waals surface area contributed by atoms with Crippen LogP contribution in [0, 0.1) is 0 Å². The Balaban J connectivity index is 1.29. The lowest BCUT2D eigenvalue weighted by molar-refractivity contribution is 0.482. The van der Waals surface area contributed by atoms with Gasteiger partial charge in [0.15, 0.2) is 0 Å². The number of hydrogen-bond donors (Lipinski definition) is 2. The third kappa shape index (κ3) is 4.93. The smallest absolute Gasteiger partial charge is 0.261 e. The molecule has 0 atom stereocenters. The van der Waals surface area contributed by atoms with Crippen molar-refractivity contribution in [3.63, 3.8) is 0 Å². The molecule has 0 spiro atoms. The molecule has 0 unspecified atom stereocenters. The number of nitrogens with two attached hydrogens (primary N) is 1. The Kier molecular flexibility index (Phi) is 6.06. The zero-order valence-electron chi connectivity index (χ0n) is 18.0. The molecule has 4 aromatic rings. The molecular formula is C24H18Cl2N4O4S. The maximum atomic E-state index is 12.9. The highest BCUT2D eigenvalue weighted by Gasteiger charge is 2.17. The zero-order valence-corrected chi connectivity index (χ0v) is 20.3. The number of furan rings is 1. The molecule has 1 aromatic heterocycles. The van der Waals surface area contributed by atoms with Crippen LogP contribution < -0.4 is 30.9 Å². The molecule has 0 radical (unpaired) electrons. The number of nitrogens with zero attached hydrogens (tertiary/aromatic N) is 2. The number of nitrogens with one attached hydrogen (secondary N) is 1. The molecule has 0 aliphatic carbocycles. The molecule has 0 amide bonds. The van der Waals surface area contributed by atoms with Gasteiger partial charge in [0, 0.05) is 21.4 Å². The van der Waals surface area contributed by atoms with Crippen LogP contribution in [0.4, 0.5) is 11.4 Å². The van der Waals surface area contributed by atoms with E-state index >= 15 is 0 Å². The summed E-state index contributed by atoms with van der Waals surface area (Å²) in [6.07, 6.45) is 1.54. The number of anilines is 2. The molecular weight excluding hydrogens is 511 g/mol. The topological polar surface area (TPSA) is 110 Å². The standard InChI is InChI=1S/C24H18Cl2N4O4S/c25-15-11-16(26)13-20(12-15)34-19-5-7-21(8-6-19)35(31,32)29-17-1-3-18(4-2-17)30-14-28-24-22(23(30)27)9-10-33-24/h1-13,29H,14,27H2. The van der Waals surface area contributed by atoms with Gasteiger partial charge in [-0.05, 0) is 72.8 Å². The van der Waals surface area contributed by atoms with E-state index in [0.29, 0.717) is 50.5 Å². The van der Waals surface area contributed by atoms with Gasteiger partial charge >= 0.3 is 0 Å². The van der Waals surface area contributed by atoms with Crippen molar-refractivity contribution in [2.45, 2.75) is 4.90 Å². The van der Waals surface area contributed by atoms with E-state index in [2.05, 4.69) is 9.71 Å². The van der Waals surface area contributed by atoms with E-state index in [-0.39, 0.29) is 4.90 Å². The third-order valence-electron chi connectivity index (χ3n) is 5.20. The molecule has 1 aliphatic heterocycles. The largest absolute Gasteiger partial charge is 0.457 e. The van der Waals surface area contributed by atoms with Gasteiger partial charge in [-0.2, -0.15) is 0 Å². The van der Waals surface area contributed by atoms with Crippen LogP contribution in [0.2, 0.25) is 10.0 Å². The normalized spacial score (nSPS) is 13.2. The van der Waals surface area contributed by atoms with Crippen molar-refractivity contribution in [2.75, 3.05) is 16.3 Å². The van der Waals surface area contributed by atoms with Gasteiger partial charge in [0.2, 0.25) is 5.55 Å². The van der Waals surface area contributed by atoms with Crippen molar-refractivity contribution in [1.82, 2.24) is 0 Å². The Bertz CT molecular complexity index is 1600. The maximum absolute atomic E-state index is 12.9. The van der Waals surface area contributed by atoms with Gasteiger partial charge in [-0.1, -0.05) is 23.2 Å². The molecule has 178 valence electrons. The first-order chi connectivity index (χ1) is 16.8. The first-order valence-corrected chi connectivity index (χ1v) is 12.5. The number of halogens is 2. The summed E-state index contributed by atoms with van der Waals surface area (Å²) >= 11 is 12.0. The van der Waals surface area contributed by atoms with Gasteiger partial charge in [0.05, 0.1) is 16.4 Å². The number of benzene rings is 3. The van der Waals surface area contributed by atoms with Crippen molar-refractivity contribution >= 4 is 50.4 Å². The number of hydrogen-bond acceptors (Lipinski definition) is 7. The van der Waals surface area contributed by atoms with Crippen molar-refractivity contribution < 1.29 is 17.6 Å². The fraction of sp³-hybridized carbons (Fsp3) is 0.0417. The molecule has 0 fully saturated rings. The second kappa shape index (κ2) is 9.18. The SMILES string of the molecule is NC1=c2ccoc2=NCN1c1ccc(NS(=O)(=O)c2ccc(Oc3cc(Cl)cc(Cl)c3)cc2)cc1. The van der Waals surface area contributed by atoms with E-state index in [1.807, 2.05) is 4.90 Å². The van der Waals surface area contributed by atoms with Crippen LogP contribution in [0.5, 0.6) is 11.5 Å². The van der Waals surface area contributed by atoms with Gasteiger partial charge in [0.25, 0.3) is 10.0 Å². The van der Waals surface area contributed by atoms with Crippen molar-refractivity contribution in [3.05, 3.63) is 99.9 Å². The average molecular weight is 529 g/mol. The van der Waals surface area contributed by atoms with Crippen LogP contribution in [0.1, 0.15) is 0 Å². The number of rotatable bonds is 6. The van der Waals surface area contributed by atoms with Crippen LogP contribution in [-0.4, -0.2) is 15.1 Å². The van der Waals surface area contributed by atoms with Crippen molar-refractivity contribution in [2.24, 2.45) is 10.7 Å². The molecule has 8 nitrogen and oxygen atoms in total. The lowest BCUT2D eigenvalue weighted by Crippen LogP contribution is -2.42. The average Bonchev–Trinajstić information content (AvgIpc) is 3.29. The molecule has 35 heavy (non-hydrogen) atoms. The summed E-state index contributed by atoms with van der Waals surface area (Å²) in [5.74, 6) is 1.40.